The van der Waals surface area contributed by atoms with Crippen molar-refractivity contribution in [1.82, 2.24) is 5.32 Å². The van der Waals surface area contributed by atoms with Gasteiger partial charge in [0.2, 0.25) is 0 Å². The van der Waals surface area contributed by atoms with E-state index in [-0.39, 0.29) is 5.75 Å². The summed E-state index contributed by atoms with van der Waals surface area (Å²) in [4.78, 5) is 0. The van der Waals surface area contributed by atoms with E-state index in [2.05, 4.69) is 15.5 Å². The molecule has 4 aromatic rings. The summed E-state index contributed by atoms with van der Waals surface area (Å²) in [6.07, 6.45) is 0.715. The molecule has 208 valence electrons. The molecule has 8 heteroatoms. The largest absolute Gasteiger partial charge is 0.505 e. The predicted octanol–water partition coefficient (Wildman–Crippen LogP) is 8.35. The molecule has 0 aliphatic heterocycles. The molecule has 7 nitrogen and oxygen atoms in total. The molecule has 0 radical (unpaired) electrons. The van der Waals surface area contributed by atoms with Gasteiger partial charge in [-0.2, -0.15) is 13.5 Å². The van der Waals surface area contributed by atoms with Crippen molar-refractivity contribution >= 4 is 32.3 Å². The average molecular weight is 542 g/mol. The van der Waals surface area contributed by atoms with E-state index in [9.17, 15) is 13.5 Å². The minimum Gasteiger partial charge on any atom is -0.505 e. The molecule has 0 saturated carbocycles. The van der Waals surface area contributed by atoms with Crippen molar-refractivity contribution in [3.05, 3.63) is 103 Å². The molecule has 0 fully saturated rings. The van der Waals surface area contributed by atoms with Crippen LogP contribution in [0.5, 0.6) is 5.75 Å². The van der Waals surface area contributed by atoms with Crippen LogP contribution < -0.4 is 5.32 Å². The number of rotatable bonds is 2. The van der Waals surface area contributed by atoms with E-state index in [4.69, 9.17) is 4.55 Å². The number of aromatic hydroxyl groups is 1. The zero-order valence-corrected chi connectivity index (χ0v) is 24.6. The highest BCUT2D eigenvalue weighted by Crippen LogP contribution is 2.35. The van der Waals surface area contributed by atoms with Crippen molar-refractivity contribution in [3.8, 4) is 5.75 Å². The third-order valence-electron chi connectivity index (χ3n) is 3.85. The summed E-state index contributed by atoms with van der Waals surface area (Å²) in [7, 11) is 0.0833. The Morgan fingerprint density at radius 2 is 1.11 bits per heavy atom. The van der Waals surface area contributed by atoms with Crippen molar-refractivity contribution < 1.29 is 18.1 Å². The maximum Gasteiger partial charge on any atom is 0.261 e. The van der Waals surface area contributed by atoms with Gasteiger partial charge in [-0.3, -0.25) is 4.55 Å². The van der Waals surface area contributed by atoms with Crippen molar-refractivity contribution in [2.45, 2.75) is 34.6 Å². The summed E-state index contributed by atoms with van der Waals surface area (Å²) < 4.78 is 25.9. The van der Waals surface area contributed by atoms with E-state index >= 15 is 0 Å². The fourth-order valence-corrected chi connectivity index (χ4v) is 2.43. The first-order chi connectivity index (χ1) is 18.2. The molecule has 0 aromatic heterocycles. The highest BCUT2D eigenvalue weighted by molar-refractivity contribution is 7.85. The molecule has 0 saturated heterocycles. The summed E-state index contributed by atoms with van der Waals surface area (Å²) in [5.74, 6) is 0.166. The van der Waals surface area contributed by atoms with E-state index in [1.54, 1.807) is 6.07 Å². The minimum absolute atomic E-state index is 0.166. The molecule has 4 aromatic carbocycles. The zero-order valence-electron chi connectivity index (χ0n) is 23.8. The van der Waals surface area contributed by atoms with Crippen molar-refractivity contribution in [2.75, 3.05) is 20.4 Å². The van der Waals surface area contributed by atoms with E-state index < -0.39 is 10.1 Å². The maximum atomic E-state index is 10.2. The van der Waals surface area contributed by atoms with E-state index in [0.717, 1.165) is 16.5 Å². The monoisotopic (exact) mass is 541 g/mol. The van der Waals surface area contributed by atoms with Crippen LogP contribution >= 0.6 is 0 Å². The Morgan fingerprint density at radius 3 is 1.55 bits per heavy atom. The number of azo groups is 1. The molecule has 0 aliphatic carbocycles. The molecule has 0 heterocycles. The first-order valence-corrected chi connectivity index (χ1v) is 14.2. The summed E-state index contributed by atoms with van der Waals surface area (Å²) in [6, 6.07) is 31.1. The van der Waals surface area contributed by atoms with Gasteiger partial charge in [0.05, 0.1) is 11.9 Å². The van der Waals surface area contributed by atoms with Gasteiger partial charge in [0, 0.05) is 5.39 Å². The second-order valence-electron chi connectivity index (χ2n) is 7.08. The van der Waals surface area contributed by atoms with Crippen molar-refractivity contribution in [2.24, 2.45) is 10.2 Å². The van der Waals surface area contributed by atoms with Crippen LogP contribution in [0.4, 0.5) is 11.4 Å². The Bertz CT molecular complexity index is 1210. The van der Waals surface area contributed by atoms with Gasteiger partial charge in [0.15, 0.2) is 5.75 Å². The SMILES string of the molecule is CC.CC.CNC.CS(=O)(=O)O.Cc1ccc(N=Nc2ccc3ccccc3c2O)cc1.c1ccccc1. The quantitative estimate of drug-likeness (QED) is 0.174. The first kappa shape index (κ1) is 36.6. The van der Waals surface area contributed by atoms with Crippen LogP contribution in [0.3, 0.4) is 0 Å². The molecule has 0 atom stereocenters. The molecule has 4 rings (SSSR count). The Kier molecular flexibility index (Phi) is 21.7. The lowest BCUT2D eigenvalue weighted by molar-refractivity contribution is 0.482. The fourth-order valence-electron chi connectivity index (χ4n) is 2.43. The number of fused-ring (bicyclic) bond motifs is 1. The highest BCUT2D eigenvalue weighted by Gasteiger charge is 2.04. The standard InChI is InChI=1S/C17H14N2O.C6H6.C2H7N.2C2H6.CH4O3S/c1-12-6-9-14(10-7-12)18-19-16-11-8-13-4-2-3-5-15(13)17(16)20;1-2-4-6-5-3-1;1-3-2;2*1-2;1-5(2,3)4/h2-11,20H,1H3;1-6H;3H,1-2H3;2*1-2H3;1H3,(H,2,3,4). The van der Waals surface area contributed by atoms with Crippen LogP contribution in [-0.4, -0.2) is 38.4 Å². The van der Waals surface area contributed by atoms with E-state index in [1.165, 1.54) is 5.56 Å². The summed E-state index contributed by atoms with van der Waals surface area (Å²) in [6.45, 7) is 10.0. The second-order valence-corrected chi connectivity index (χ2v) is 8.54. The Hall–Kier alpha value is -3.59. The molecule has 0 amide bonds. The number of nitrogens with one attached hydrogen (secondary N) is 1. The average Bonchev–Trinajstić information content (AvgIpc) is 2.93. The van der Waals surface area contributed by atoms with Crippen LogP contribution in [-0.2, 0) is 10.1 Å². The number of phenolic OH excluding ortho intramolecular Hbond substituents is 1. The van der Waals surface area contributed by atoms with Crippen molar-refractivity contribution in [1.29, 1.82) is 0 Å². The fraction of sp³-hybridized carbons (Fsp3) is 0.267. The number of nitrogens with zero attached hydrogens (tertiary/aromatic N) is 2. The van der Waals surface area contributed by atoms with Crippen LogP contribution in [0.1, 0.15) is 33.3 Å². The lowest BCUT2D eigenvalue weighted by Gasteiger charge is -2.03. The molecule has 0 bridgehead atoms. The number of aryl methyl sites for hydroxylation is 1. The molecule has 38 heavy (non-hydrogen) atoms. The van der Waals surface area contributed by atoms with Gasteiger partial charge >= 0.3 is 0 Å². The first-order valence-electron chi connectivity index (χ1n) is 12.4. The Labute approximate surface area is 229 Å². The predicted molar refractivity (Wildman–Crippen MR) is 163 cm³/mol. The summed E-state index contributed by atoms with van der Waals surface area (Å²) in [5, 5.41) is 23.0. The maximum absolute atomic E-state index is 10.2. The van der Waals surface area contributed by atoms with Crippen LogP contribution in [0.2, 0.25) is 0 Å². The van der Waals surface area contributed by atoms with Gasteiger partial charge < -0.3 is 10.4 Å². The van der Waals surface area contributed by atoms with E-state index in [1.807, 2.05) is 140 Å². The highest BCUT2D eigenvalue weighted by atomic mass is 32.2. The lowest BCUT2D eigenvalue weighted by Crippen LogP contribution is -1.89. The van der Waals surface area contributed by atoms with Gasteiger partial charge in [0.25, 0.3) is 10.1 Å². The second kappa shape index (κ2) is 22.6. The molecule has 3 N–H and O–H groups in total. The van der Waals surface area contributed by atoms with Gasteiger partial charge in [-0.05, 0) is 44.6 Å². The van der Waals surface area contributed by atoms with Crippen LogP contribution in [0.25, 0.3) is 10.8 Å². The topological polar surface area (TPSA) is 111 Å². The van der Waals surface area contributed by atoms with Gasteiger partial charge in [-0.25, -0.2) is 0 Å². The number of phenols is 1. The molecule has 0 aliphatic rings. The minimum atomic E-state index is -3.67. The lowest BCUT2D eigenvalue weighted by atomic mass is 10.1. The number of benzene rings is 4. The number of hydrogen-bond acceptors (Lipinski definition) is 6. The summed E-state index contributed by atoms with van der Waals surface area (Å²) >= 11 is 0. The third kappa shape index (κ3) is 18.6. The van der Waals surface area contributed by atoms with E-state index in [0.29, 0.717) is 11.9 Å². The summed E-state index contributed by atoms with van der Waals surface area (Å²) in [5.41, 5.74) is 2.42. The van der Waals surface area contributed by atoms with Crippen molar-refractivity contribution in [3.63, 3.8) is 0 Å². The van der Waals surface area contributed by atoms with Gasteiger partial charge in [-0.1, -0.05) is 112 Å². The molecular weight excluding hydrogens is 498 g/mol. The zero-order chi connectivity index (χ0) is 29.4. The molecule has 0 unspecified atom stereocenters. The third-order valence-corrected chi connectivity index (χ3v) is 3.85. The Balaban J connectivity index is 0. The van der Waals surface area contributed by atoms with Crippen LogP contribution in [0, 0.1) is 6.92 Å². The van der Waals surface area contributed by atoms with Gasteiger partial charge in [0.1, 0.15) is 5.69 Å². The number of hydrogen-bond donors (Lipinski definition) is 3. The normalized spacial score (nSPS) is 9.50. The Morgan fingerprint density at radius 1 is 0.684 bits per heavy atom. The molecular formula is C30H43N3O4S. The van der Waals surface area contributed by atoms with Crippen LogP contribution in [0.15, 0.2) is 107 Å². The molecule has 0 spiro atoms. The van der Waals surface area contributed by atoms with Gasteiger partial charge in [-0.15, -0.1) is 5.11 Å². The smallest absolute Gasteiger partial charge is 0.261 e.